The molecule has 0 saturated heterocycles. The Labute approximate surface area is 113 Å². The van der Waals surface area contributed by atoms with Crippen molar-refractivity contribution in [3.05, 3.63) is 35.9 Å². The lowest BCUT2D eigenvalue weighted by Gasteiger charge is -2.35. The van der Waals surface area contributed by atoms with E-state index in [2.05, 4.69) is 62.7 Å². The molecule has 1 aromatic carbocycles. The standard InChI is InChI=1S/C16H26NP/c1-17(2)16(13-9-6-5-7-10-13)14-11-8-12-15(14)18(3)4/h5-7,9-10,14-16H,8,11-12H2,1-4H3/t14?,15?,16-/m1/s1. The molecule has 0 amide bonds. The fourth-order valence-corrected chi connectivity index (χ4v) is 5.33. The van der Waals surface area contributed by atoms with Crippen LogP contribution in [0.4, 0.5) is 0 Å². The van der Waals surface area contributed by atoms with Gasteiger partial charge in [0.1, 0.15) is 0 Å². The summed E-state index contributed by atoms with van der Waals surface area (Å²) in [5.74, 6) is 0.850. The van der Waals surface area contributed by atoms with E-state index in [1.807, 2.05) is 0 Å². The fourth-order valence-electron chi connectivity index (χ4n) is 3.56. The minimum absolute atomic E-state index is 0.185. The smallest absolute Gasteiger partial charge is 0.0376 e. The second-order valence-corrected chi connectivity index (χ2v) is 8.54. The molecule has 0 N–H and O–H groups in total. The monoisotopic (exact) mass is 263 g/mol. The lowest BCUT2D eigenvalue weighted by Crippen LogP contribution is -2.31. The van der Waals surface area contributed by atoms with Crippen molar-refractivity contribution in [2.75, 3.05) is 27.4 Å². The highest BCUT2D eigenvalue weighted by atomic mass is 31.1. The van der Waals surface area contributed by atoms with Crippen molar-refractivity contribution in [3.63, 3.8) is 0 Å². The van der Waals surface area contributed by atoms with Gasteiger partial charge in [0.2, 0.25) is 0 Å². The van der Waals surface area contributed by atoms with Crippen LogP contribution >= 0.6 is 7.92 Å². The van der Waals surface area contributed by atoms with Gasteiger partial charge in [0.25, 0.3) is 0 Å². The molecule has 1 aliphatic rings. The largest absolute Gasteiger partial charge is 0.302 e. The maximum Gasteiger partial charge on any atom is 0.0376 e. The molecule has 1 nitrogen and oxygen atoms in total. The zero-order valence-corrected chi connectivity index (χ0v) is 13.0. The Balaban J connectivity index is 2.25. The molecule has 0 bridgehead atoms. The van der Waals surface area contributed by atoms with Crippen LogP contribution < -0.4 is 0 Å². The Kier molecular flexibility index (Phi) is 4.81. The first-order valence-corrected chi connectivity index (χ1v) is 9.29. The zero-order valence-electron chi connectivity index (χ0n) is 12.1. The molecule has 0 aromatic heterocycles. The molecule has 0 heterocycles. The fraction of sp³-hybridized carbons (Fsp3) is 0.625. The summed E-state index contributed by atoms with van der Waals surface area (Å²) in [6.45, 7) is 4.91. The molecule has 18 heavy (non-hydrogen) atoms. The Morgan fingerprint density at radius 2 is 1.78 bits per heavy atom. The van der Waals surface area contributed by atoms with Gasteiger partial charge in [0, 0.05) is 6.04 Å². The van der Waals surface area contributed by atoms with Crippen LogP contribution in [0.3, 0.4) is 0 Å². The maximum atomic E-state index is 2.45. The van der Waals surface area contributed by atoms with E-state index in [1.165, 1.54) is 24.8 Å². The lowest BCUT2D eigenvalue weighted by atomic mass is 9.90. The van der Waals surface area contributed by atoms with Gasteiger partial charge in [-0.15, -0.1) is 7.92 Å². The van der Waals surface area contributed by atoms with Crippen LogP contribution in [0.15, 0.2) is 30.3 Å². The topological polar surface area (TPSA) is 3.24 Å². The van der Waals surface area contributed by atoms with E-state index < -0.39 is 0 Å². The molecule has 2 rings (SSSR count). The first kappa shape index (κ1) is 14.0. The highest BCUT2D eigenvalue weighted by Crippen LogP contribution is 2.51. The second kappa shape index (κ2) is 6.17. The van der Waals surface area contributed by atoms with E-state index in [9.17, 15) is 0 Å². The van der Waals surface area contributed by atoms with Crippen molar-refractivity contribution in [3.8, 4) is 0 Å². The highest BCUT2D eigenvalue weighted by Gasteiger charge is 2.36. The average molecular weight is 263 g/mol. The molecule has 0 aliphatic heterocycles. The number of rotatable bonds is 4. The molecule has 0 spiro atoms. The van der Waals surface area contributed by atoms with Crippen molar-refractivity contribution in [2.45, 2.75) is 31.0 Å². The number of benzene rings is 1. The molecule has 2 heteroatoms. The molecule has 0 radical (unpaired) electrons. The molecule has 1 saturated carbocycles. The first-order valence-electron chi connectivity index (χ1n) is 6.99. The summed E-state index contributed by atoms with van der Waals surface area (Å²) in [6, 6.07) is 11.7. The minimum atomic E-state index is 0.185. The Bertz CT molecular complexity index is 361. The third-order valence-electron chi connectivity index (χ3n) is 4.30. The Morgan fingerprint density at radius 3 is 2.33 bits per heavy atom. The first-order chi connectivity index (χ1) is 8.61. The van der Waals surface area contributed by atoms with Crippen molar-refractivity contribution >= 4 is 7.92 Å². The number of hydrogen-bond acceptors (Lipinski definition) is 1. The van der Waals surface area contributed by atoms with Gasteiger partial charge in [0.05, 0.1) is 0 Å². The SMILES string of the molecule is CN(C)[C@H](c1ccccc1)C1CCCC1P(C)C. The quantitative estimate of drug-likeness (QED) is 0.736. The van der Waals surface area contributed by atoms with Gasteiger partial charge in [-0.25, -0.2) is 0 Å². The molecule has 1 fully saturated rings. The minimum Gasteiger partial charge on any atom is -0.302 e. The van der Waals surface area contributed by atoms with Gasteiger partial charge in [-0.2, -0.15) is 0 Å². The summed E-state index contributed by atoms with van der Waals surface area (Å²) >= 11 is 0. The van der Waals surface area contributed by atoms with Crippen molar-refractivity contribution in [2.24, 2.45) is 5.92 Å². The Hall–Kier alpha value is -0.390. The van der Waals surface area contributed by atoms with Gasteiger partial charge in [-0.1, -0.05) is 36.8 Å². The maximum absolute atomic E-state index is 2.45. The summed E-state index contributed by atoms with van der Waals surface area (Å²) in [5, 5.41) is 0. The molecule has 3 atom stereocenters. The Morgan fingerprint density at radius 1 is 1.11 bits per heavy atom. The van der Waals surface area contributed by atoms with Gasteiger partial charge in [0.15, 0.2) is 0 Å². The summed E-state index contributed by atoms with van der Waals surface area (Å²) < 4.78 is 0. The van der Waals surface area contributed by atoms with Gasteiger partial charge >= 0.3 is 0 Å². The van der Waals surface area contributed by atoms with E-state index in [4.69, 9.17) is 0 Å². The third kappa shape index (κ3) is 2.95. The van der Waals surface area contributed by atoms with Gasteiger partial charge in [-0.3, -0.25) is 0 Å². The second-order valence-electron chi connectivity index (χ2n) is 5.94. The molecular formula is C16H26NP. The van der Waals surface area contributed by atoms with Crippen molar-refractivity contribution < 1.29 is 0 Å². The van der Waals surface area contributed by atoms with Gasteiger partial charge in [-0.05, 0) is 57.4 Å². The predicted molar refractivity (Wildman–Crippen MR) is 82.8 cm³/mol. The molecule has 100 valence electrons. The van der Waals surface area contributed by atoms with E-state index in [-0.39, 0.29) is 7.92 Å². The van der Waals surface area contributed by atoms with Crippen molar-refractivity contribution in [1.82, 2.24) is 4.90 Å². The number of hydrogen-bond donors (Lipinski definition) is 0. The summed E-state index contributed by atoms with van der Waals surface area (Å²) in [6.07, 6.45) is 4.27. The normalized spacial score (nSPS) is 25.9. The van der Waals surface area contributed by atoms with Crippen LogP contribution in [0.25, 0.3) is 0 Å². The van der Waals surface area contributed by atoms with Crippen LogP contribution in [0, 0.1) is 5.92 Å². The van der Waals surface area contributed by atoms with Crippen LogP contribution in [0.1, 0.15) is 30.9 Å². The van der Waals surface area contributed by atoms with E-state index in [1.54, 1.807) is 0 Å². The third-order valence-corrected chi connectivity index (χ3v) is 6.27. The van der Waals surface area contributed by atoms with E-state index in [0.717, 1.165) is 11.6 Å². The van der Waals surface area contributed by atoms with Crippen LogP contribution in [0.2, 0.25) is 0 Å². The van der Waals surface area contributed by atoms with Crippen LogP contribution in [-0.2, 0) is 0 Å². The van der Waals surface area contributed by atoms with Crippen LogP contribution in [-0.4, -0.2) is 38.0 Å². The van der Waals surface area contributed by atoms with E-state index >= 15 is 0 Å². The molecule has 1 aliphatic carbocycles. The summed E-state index contributed by atoms with van der Waals surface area (Å²) in [7, 11) is 4.66. The van der Waals surface area contributed by atoms with Crippen LogP contribution in [0.5, 0.6) is 0 Å². The molecule has 2 unspecified atom stereocenters. The summed E-state index contributed by atoms with van der Waals surface area (Å²) in [4.78, 5) is 2.43. The zero-order chi connectivity index (χ0) is 13.1. The van der Waals surface area contributed by atoms with E-state index in [0.29, 0.717) is 6.04 Å². The highest BCUT2D eigenvalue weighted by molar-refractivity contribution is 7.56. The predicted octanol–water partition coefficient (Wildman–Crippen LogP) is 4.20. The van der Waals surface area contributed by atoms with Gasteiger partial charge < -0.3 is 4.90 Å². The molecular weight excluding hydrogens is 237 g/mol. The summed E-state index contributed by atoms with van der Waals surface area (Å²) in [5.41, 5.74) is 2.45. The molecule has 1 aromatic rings. The number of nitrogens with zero attached hydrogens (tertiary/aromatic N) is 1. The van der Waals surface area contributed by atoms with Crippen molar-refractivity contribution in [1.29, 1.82) is 0 Å². The average Bonchev–Trinajstić information content (AvgIpc) is 2.79. The lowest BCUT2D eigenvalue weighted by molar-refractivity contribution is 0.216.